The van der Waals surface area contributed by atoms with Crippen molar-refractivity contribution in [1.82, 2.24) is 15.0 Å². The van der Waals surface area contributed by atoms with Crippen LogP contribution in [0.3, 0.4) is 0 Å². The quantitative estimate of drug-likeness (QED) is 0.717. The zero-order valence-corrected chi connectivity index (χ0v) is 9.47. The largest absolute Gasteiger partial charge is 0.377 e. The van der Waals surface area contributed by atoms with Crippen molar-refractivity contribution < 1.29 is 14.1 Å². The van der Waals surface area contributed by atoms with E-state index in [1.807, 2.05) is 6.92 Å². The summed E-state index contributed by atoms with van der Waals surface area (Å²) in [6.07, 6.45) is 0.196. The third-order valence-electron chi connectivity index (χ3n) is 2.57. The van der Waals surface area contributed by atoms with Crippen LogP contribution in [0, 0.1) is 6.92 Å². The van der Waals surface area contributed by atoms with Crippen molar-refractivity contribution in [3.05, 3.63) is 11.7 Å². The molecule has 6 heteroatoms. The first-order chi connectivity index (χ1) is 7.66. The fraction of sp³-hybridized carbons (Fsp3) is 0.700. The fourth-order valence-electron chi connectivity index (χ4n) is 1.75. The zero-order chi connectivity index (χ0) is 11.5. The maximum Gasteiger partial charge on any atom is 0.230 e. The van der Waals surface area contributed by atoms with Gasteiger partial charge in [-0.1, -0.05) is 5.16 Å². The van der Waals surface area contributed by atoms with Gasteiger partial charge in [0.15, 0.2) is 5.82 Å². The minimum absolute atomic E-state index is 0.0246. The van der Waals surface area contributed by atoms with E-state index in [0.717, 1.165) is 0 Å². The molecule has 1 unspecified atom stereocenters. The van der Waals surface area contributed by atoms with E-state index in [4.69, 9.17) is 9.26 Å². The molecule has 1 aromatic rings. The molecule has 0 aliphatic carbocycles. The van der Waals surface area contributed by atoms with E-state index in [-0.39, 0.29) is 18.4 Å². The van der Waals surface area contributed by atoms with Crippen LogP contribution in [0.4, 0.5) is 0 Å². The Balaban J connectivity index is 1.96. The van der Waals surface area contributed by atoms with E-state index < -0.39 is 0 Å². The van der Waals surface area contributed by atoms with E-state index >= 15 is 0 Å². The molecule has 0 radical (unpaired) electrons. The highest BCUT2D eigenvalue weighted by atomic mass is 16.5. The van der Waals surface area contributed by atoms with Crippen molar-refractivity contribution in [3.63, 3.8) is 0 Å². The standard InChI is InChI=1S/C10H15N3O3/c1-7-6-15-4-3-13(7)10(14)5-9-11-8(2)16-12-9/h7H,3-6H2,1-2H3. The molecule has 1 amide bonds. The smallest absolute Gasteiger partial charge is 0.230 e. The predicted octanol–water partition coefficient (Wildman–Crippen LogP) is 0.168. The van der Waals surface area contributed by atoms with E-state index in [0.29, 0.717) is 31.5 Å². The van der Waals surface area contributed by atoms with Crippen molar-refractivity contribution in [2.24, 2.45) is 0 Å². The Kier molecular flexibility index (Phi) is 3.19. The maximum atomic E-state index is 11.9. The number of ether oxygens (including phenoxy) is 1. The molecule has 2 heterocycles. The Bertz CT molecular complexity index is 377. The van der Waals surface area contributed by atoms with Gasteiger partial charge < -0.3 is 14.2 Å². The second-order valence-electron chi connectivity index (χ2n) is 3.92. The van der Waals surface area contributed by atoms with E-state index in [2.05, 4.69) is 10.1 Å². The summed E-state index contributed by atoms with van der Waals surface area (Å²) in [5.41, 5.74) is 0. The number of morpholine rings is 1. The molecule has 0 spiro atoms. The molecular formula is C10H15N3O3. The van der Waals surface area contributed by atoms with E-state index in [1.165, 1.54) is 0 Å². The lowest BCUT2D eigenvalue weighted by atomic mass is 10.2. The normalized spacial score (nSPS) is 21.1. The van der Waals surface area contributed by atoms with Crippen LogP contribution < -0.4 is 0 Å². The number of rotatable bonds is 2. The highest BCUT2D eigenvalue weighted by Gasteiger charge is 2.24. The van der Waals surface area contributed by atoms with Gasteiger partial charge in [0.2, 0.25) is 11.8 Å². The maximum absolute atomic E-state index is 11.9. The van der Waals surface area contributed by atoms with Gasteiger partial charge in [-0.3, -0.25) is 4.79 Å². The Hall–Kier alpha value is -1.43. The summed E-state index contributed by atoms with van der Waals surface area (Å²) in [6, 6.07) is 0.120. The van der Waals surface area contributed by atoms with Gasteiger partial charge in [0.05, 0.1) is 25.7 Å². The second kappa shape index (κ2) is 4.61. The van der Waals surface area contributed by atoms with Gasteiger partial charge in [-0.15, -0.1) is 0 Å². The van der Waals surface area contributed by atoms with Crippen LogP contribution in [-0.4, -0.2) is 46.7 Å². The molecule has 88 valence electrons. The summed E-state index contributed by atoms with van der Waals surface area (Å²) in [5.74, 6) is 0.954. The number of nitrogens with zero attached hydrogens (tertiary/aromatic N) is 3. The lowest BCUT2D eigenvalue weighted by Gasteiger charge is -2.33. The number of hydrogen-bond acceptors (Lipinski definition) is 5. The average molecular weight is 225 g/mol. The molecule has 2 rings (SSSR count). The van der Waals surface area contributed by atoms with E-state index in [9.17, 15) is 4.79 Å². The third kappa shape index (κ3) is 2.38. The summed E-state index contributed by atoms with van der Waals surface area (Å²) in [4.78, 5) is 17.8. The van der Waals surface area contributed by atoms with Crippen LogP contribution >= 0.6 is 0 Å². The highest BCUT2D eigenvalue weighted by molar-refractivity contribution is 5.78. The highest BCUT2D eigenvalue weighted by Crippen LogP contribution is 2.08. The predicted molar refractivity (Wildman–Crippen MR) is 54.7 cm³/mol. The molecule has 0 aromatic carbocycles. The van der Waals surface area contributed by atoms with Gasteiger partial charge in [0.25, 0.3) is 0 Å². The second-order valence-corrected chi connectivity index (χ2v) is 3.92. The zero-order valence-electron chi connectivity index (χ0n) is 9.47. The van der Waals surface area contributed by atoms with Crippen LogP contribution in [0.5, 0.6) is 0 Å². The van der Waals surface area contributed by atoms with E-state index in [1.54, 1.807) is 11.8 Å². The summed E-state index contributed by atoms with van der Waals surface area (Å²) in [5, 5.41) is 3.71. The minimum atomic E-state index is 0.0246. The Morgan fingerprint density at radius 2 is 2.44 bits per heavy atom. The SMILES string of the molecule is Cc1nc(CC(=O)N2CCOCC2C)no1. The molecule has 1 fully saturated rings. The Morgan fingerprint density at radius 1 is 1.62 bits per heavy atom. The molecule has 0 saturated carbocycles. The van der Waals surface area contributed by atoms with Gasteiger partial charge >= 0.3 is 0 Å². The lowest BCUT2D eigenvalue weighted by molar-refractivity contribution is -0.138. The molecule has 1 aromatic heterocycles. The topological polar surface area (TPSA) is 68.5 Å². The molecule has 16 heavy (non-hydrogen) atoms. The van der Waals surface area contributed by atoms with Crippen LogP contribution in [-0.2, 0) is 16.0 Å². The van der Waals surface area contributed by atoms with Crippen molar-refractivity contribution in [2.75, 3.05) is 19.8 Å². The molecule has 1 saturated heterocycles. The number of amides is 1. The fourth-order valence-corrected chi connectivity index (χ4v) is 1.75. The first-order valence-corrected chi connectivity index (χ1v) is 5.33. The number of carbonyl (C=O) groups excluding carboxylic acids is 1. The monoisotopic (exact) mass is 225 g/mol. The Morgan fingerprint density at radius 3 is 3.06 bits per heavy atom. The van der Waals surface area contributed by atoms with Crippen molar-refractivity contribution in [2.45, 2.75) is 26.3 Å². The van der Waals surface area contributed by atoms with Gasteiger partial charge in [-0.05, 0) is 6.92 Å². The summed E-state index contributed by atoms with van der Waals surface area (Å²) in [7, 11) is 0. The molecular weight excluding hydrogens is 210 g/mol. The first-order valence-electron chi connectivity index (χ1n) is 5.33. The van der Waals surface area contributed by atoms with Crippen molar-refractivity contribution >= 4 is 5.91 Å². The Labute approximate surface area is 93.6 Å². The van der Waals surface area contributed by atoms with Crippen LogP contribution in [0.25, 0.3) is 0 Å². The van der Waals surface area contributed by atoms with Gasteiger partial charge in [-0.25, -0.2) is 0 Å². The number of hydrogen-bond donors (Lipinski definition) is 0. The van der Waals surface area contributed by atoms with Crippen molar-refractivity contribution in [3.8, 4) is 0 Å². The van der Waals surface area contributed by atoms with Crippen LogP contribution in [0.15, 0.2) is 4.52 Å². The van der Waals surface area contributed by atoms with Crippen LogP contribution in [0.2, 0.25) is 0 Å². The summed E-state index contributed by atoms with van der Waals surface area (Å²) in [6.45, 7) is 5.51. The van der Waals surface area contributed by atoms with Gasteiger partial charge in [0.1, 0.15) is 0 Å². The summed E-state index contributed by atoms with van der Waals surface area (Å²) >= 11 is 0. The molecule has 1 atom stereocenters. The third-order valence-corrected chi connectivity index (χ3v) is 2.57. The first kappa shape index (κ1) is 11.1. The minimum Gasteiger partial charge on any atom is -0.377 e. The number of aromatic nitrogens is 2. The lowest BCUT2D eigenvalue weighted by Crippen LogP contribution is -2.47. The van der Waals surface area contributed by atoms with Crippen LogP contribution in [0.1, 0.15) is 18.6 Å². The molecule has 1 aliphatic rings. The molecule has 0 N–H and O–H groups in total. The molecule has 6 nitrogen and oxygen atoms in total. The van der Waals surface area contributed by atoms with Gasteiger partial charge in [0, 0.05) is 13.5 Å². The van der Waals surface area contributed by atoms with Crippen molar-refractivity contribution in [1.29, 1.82) is 0 Å². The summed E-state index contributed by atoms with van der Waals surface area (Å²) < 4.78 is 10.1. The molecule has 0 bridgehead atoms. The number of aryl methyl sites for hydroxylation is 1. The van der Waals surface area contributed by atoms with Gasteiger partial charge in [-0.2, -0.15) is 4.98 Å². The molecule has 1 aliphatic heterocycles. The number of carbonyl (C=O) groups is 1. The average Bonchev–Trinajstić information content (AvgIpc) is 2.64.